The van der Waals surface area contributed by atoms with E-state index >= 15 is 0 Å². The number of rotatable bonds is 12. The second-order valence-corrected chi connectivity index (χ2v) is 9.73. The van der Waals surface area contributed by atoms with Crippen LogP contribution in [0.1, 0.15) is 68.2 Å². The first-order chi connectivity index (χ1) is 22.3. The molecule has 1 atom stereocenters. The number of nitrogens with zero attached hydrogens (tertiary/aromatic N) is 2. The van der Waals surface area contributed by atoms with Crippen LogP contribution in [0.2, 0.25) is 0 Å². The minimum Gasteiger partial charge on any atom is -0.347 e. The highest BCUT2D eigenvalue weighted by Crippen LogP contribution is 2.28. The lowest BCUT2D eigenvalue weighted by Crippen LogP contribution is -2.27. The molecule has 1 aromatic carbocycles. The van der Waals surface area contributed by atoms with Gasteiger partial charge in [0.2, 0.25) is 0 Å². The average molecular weight is 660 g/mol. The second kappa shape index (κ2) is 25.6. The summed E-state index contributed by atoms with van der Waals surface area (Å²) in [6.45, 7) is 26.0. The molecule has 0 aliphatic carbocycles. The summed E-state index contributed by atoms with van der Waals surface area (Å²) in [5, 5.41) is 9.20. The standard InChI is InChI=1S/C30H36F3N5O.C3H8.C2H3F.C2H6/c1-7-10-16-34-28(35-22(5)12-8-2)18-21(4)20-38-17-15-25-26(13-11-14-27(25)38)37-29(39)36-23(6)19-24(9-3)30(31,32)33;1-3-2;1-2-3;1-2/h7-9,11-19,21,35H,1,5,10,20H2,2-4,6H3,(H2,36,37,39);3H2,1-2H3;2H,1H2;1-2H3/b12-8-,23-19+,24-9+,28-18+,34-16-;;;. The second-order valence-electron chi connectivity index (χ2n) is 9.73. The first kappa shape index (κ1) is 44.5. The number of alkyl halides is 3. The summed E-state index contributed by atoms with van der Waals surface area (Å²) < 4.78 is 51.1. The maximum Gasteiger partial charge on any atom is 0.416 e. The van der Waals surface area contributed by atoms with Gasteiger partial charge in [0.05, 0.1) is 23.1 Å². The molecule has 1 unspecified atom stereocenters. The van der Waals surface area contributed by atoms with Crippen LogP contribution in [0.4, 0.5) is 28.0 Å². The molecule has 10 heteroatoms. The van der Waals surface area contributed by atoms with Crippen LogP contribution in [0.3, 0.4) is 0 Å². The quantitative estimate of drug-likeness (QED) is 0.0918. The smallest absolute Gasteiger partial charge is 0.347 e. The van der Waals surface area contributed by atoms with E-state index in [-0.39, 0.29) is 17.9 Å². The molecular formula is C37H53F4N5O. The summed E-state index contributed by atoms with van der Waals surface area (Å²) in [6.07, 6.45) is 10.7. The van der Waals surface area contributed by atoms with Crippen molar-refractivity contribution in [3.05, 3.63) is 116 Å². The Morgan fingerprint density at radius 2 is 1.72 bits per heavy atom. The van der Waals surface area contributed by atoms with Gasteiger partial charge in [0.25, 0.3) is 0 Å². The van der Waals surface area contributed by atoms with Crippen molar-refractivity contribution in [2.24, 2.45) is 10.9 Å². The van der Waals surface area contributed by atoms with Gasteiger partial charge in [-0.2, -0.15) is 13.2 Å². The Morgan fingerprint density at radius 1 is 1.11 bits per heavy atom. The first-order valence-corrected chi connectivity index (χ1v) is 15.5. The summed E-state index contributed by atoms with van der Waals surface area (Å²) in [5.74, 6) is 0.766. The Morgan fingerprint density at radius 3 is 2.26 bits per heavy atom. The lowest BCUT2D eigenvalue weighted by Gasteiger charge is -2.14. The summed E-state index contributed by atoms with van der Waals surface area (Å²) in [4.78, 5) is 17.0. The van der Waals surface area contributed by atoms with Crippen molar-refractivity contribution in [1.29, 1.82) is 0 Å². The zero-order chi connectivity index (χ0) is 36.4. The number of carbonyl (C=O) groups is 1. The van der Waals surface area contributed by atoms with Crippen LogP contribution < -0.4 is 16.0 Å². The van der Waals surface area contributed by atoms with E-state index in [1.807, 2.05) is 63.4 Å². The molecule has 47 heavy (non-hydrogen) atoms. The number of fused-ring (bicyclic) bond motifs is 1. The van der Waals surface area contributed by atoms with Crippen molar-refractivity contribution >= 4 is 28.8 Å². The maximum atomic E-state index is 13.0. The van der Waals surface area contributed by atoms with Gasteiger partial charge < -0.3 is 20.5 Å². The number of carbonyl (C=O) groups excluding carboxylic acids is 1. The molecule has 0 radical (unpaired) electrons. The maximum absolute atomic E-state index is 13.0. The van der Waals surface area contributed by atoms with E-state index < -0.39 is 17.8 Å². The zero-order valence-corrected chi connectivity index (χ0v) is 29.1. The molecule has 0 aliphatic rings. The molecule has 0 saturated heterocycles. The molecule has 0 spiro atoms. The SMILES string of the molecule is C=CC/C=N\C(=C/C(C)Cn1ccc2c(NC(=O)N/C(C)=C/C(=C\C)C(F)(F)F)cccc21)NC(=C)/C=C\C.C=CF.CC.CCC. The molecule has 0 aliphatic heterocycles. The Bertz CT molecular complexity index is 1400. The third-order valence-corrected chi connectivity index (χ3v) is 5.47. The molecule has 1 heterocycles. The Balaban J connectivity index is 0. The summed E-state index contributed by atoms with van der Waals surface area (Å²) >= 11 is 0. The van der Waals surface area contributed by atoms with E-state index in [4.69, 9.17) is 0 Å². The fourth-order valence-corrected chi connectivity index (χ4v) is 3.80. The molecule has 260 valence electrons. The third-order valence-electron chi connectivity index (χ3n) is 5.47. The number of urea groups is 1. The summed E-state index contributed by atoms with van der Waals surface area (Å²) in [7, 11) is 0. The van der Waals surface area contributed by atoms with Crippen LogP contribution in [-0.4, -0.2) is 23.0 Å². The van der Waals surface area contributed by atoms with Gasteiger partial charge in [-0.05, 0) is 63.1 Å². The minimum absolute atomic E-state index is 0.0700. The predicted molar refractivity (Wildman–Crippen MR) is 194 cm³/mol. The van der Waals surface area contributed by atoms with Crippen molar-refractivity contribution in [3.8, 4) is 0 Å². The average Bonchev–Trinajstić information content (AvgIpc) is 3.40. The fourth-order valence-electron chi connectivity index (χ4n) is 3.80. The van der Waals surface area contributed by atoms with Crippen LogP contribution in [0.5, 0.6) is 0 Å². The molecule has 1 aromatic heterocycles. The van der Waals surface area contributed by atoms with Gasteiger partial charge in [-0.15, -0.1) is 6.58 Å². The van der Waals surface area contributed by atoms with Crippen molar-refractivity contribution in [2.45, 2.75) is 81.0 Å². The highest BCUT2D eigenvalue weighted by molar-refractivity contribution is 6.01. The Kier molecular flexibility index (Phi) is 24.2. The van der Waals surface area contributed by atoms with Crippen LogP contribution in [-0.2, 0) is 6.54 Å². The van der Waals surface area contributed by atoms with E-state index in [0.717, 1.165) is 28.8 Å². The molecule has 0 bridgehead atoms. The van der Waals surface area contributed by atoms with Crippen molar-refractivity contribution in [1.82, 2.24) is 15.2 Å². The number of allylic oxidation sites excluding steroid dienone is 8. The first-order valence-electron chi connectivity index (χ1n) is 15.5. The van der Waals surface area contributed by atoms with Gasteiger partial charge in [-0.1, -0.05) is 78.5 Å². The molecule has 3 N–H and O–H groups in total. The largest absolute Gasteiger partial charge is 0.416 e. The van der Waals surface area contributed by atoms with Gasteiger partial charge in [0, 0.05) is 42.2 Å². The van der Waals surface area contributed by atoms with Gasteiger partial charge in [0.1, 0.15) is 5.82 Å². The number of anilines is 1. The van der Waals surface area contributed by atoms with Crippen LogP contribution in [0.25, 0.3) is 10.9 Å². The van der Waals surface area contributed by atoms with Gasteiger partial charge in [-0.3, -0.25) is 0 Å². The lowest BCUT2D eigenvalue weighted by atomic mass is 10.1. The van der Waals surface area contributed by atoms with Gasteiger partial charge in [-0.25, -0.2) is 14.2 Å². The minimum atomic E-state index is -4.50. The number of hydrogen-bond donors (Lipinski definition) is 3. The van der Waals surface area contributed by atoms with E-state index in [2.05, 4.69) is 66.0 Å². The normalized spacial score (nSPS) is 12.6. The molecule has 2 amide bonds. The molecule has 6 nitrogen and oxygen atoms in total. The topological polar surface area (TPSA) is 70.5 Å². The highest BCUT2D eigenvalue weighted by Gasteiger charge is 2.31. The fraction of sp³-hybridized carbons (Fsp3) is 0.351. The number of hydrogen-bond acceptors (Lipinski definition) is 3. The number of amides is 2. The highest BCUT2D eigenvalue weighted by atomic mass is 19.4. The van der Waals surface area contributed by atoms with E-state index in [1.165, 1.54) is 20.3 Å². The van der Waals surface area contributed by atoms with E-state index in [9.17, 15) is 22.4 Å². The van der Waals surface area contributed by atoms with E-state index in [1.54, 1.807) is 18.4 Å². The molecular weight excluding hydrogens is 606 g/mol. The lowest BCUT2D eigenvalue weighted by molar-refractivity contribution is -0.0884. The predicted octanol–water partition coefficient (Wildman–Crippen LogP) is 11.5. The summed E-state index contributed by atoms with van der Waals surface area (Å²) in [5.41, 5.74) is 1.40. The number of halogens is 4. The third kappa shape index (κ3) is 18.8. The van der Waals surface area contributed by atoms with Crippen molar-refractivity contribution in [3.63, 3.8) is 0 Å². The molecule has 0 saturated carbocycles. The van der Waals surface area contributed by atoms with Crippen molar-refractivity contribution < 1.29 is 22.4 Å². The Hall–Kier alpha value is -4.60. The monoisotopic (exact) mass is 659 g/mol. The number of benzene rings is 1. The van der Waals surface area contributed by atoms with Crippen LogP contribution >= 0.6 is 0 Å². The molecule has 0 fully saturated rings. The van der Waals surface area contributed by atoms with Crippen LogP contribution in [0.15, 0.2) is 121 Å². The molecule has 2 aromatic rings. The number of aliphatic imine (C=N–C) groups is 1. The molecule has 2 rings (SSSR count). The van der Waals surface area contributed by atoms with Crippen LogP contribution in [0, 0.1) is 5.92 Å². The van der Waals surface area contributed by atoms with E-state index in [0.29, 0.717) is 24.5 Å². The van der Waals surface area contributed by atoms with Gasteiger partial charge >= 0.3 is 12.2 Å². The number of nitrogens with one attached hydrogen (secondary N) is 3. The Labute approximate surface area is 279 Å². The summed E-state index contributed by atoms with van der Waals surface area (Å²) in [6, 6.07) is 6.75. The zero-order valence-electron chi connectivity index (χ0n) is 29.1. The van der Waals surface area contributed by atoms with Crippen molar-refractivity contribution in [2.75, 3.05) is 5.32 Å². The number of aromatic nitrogens is 1. The van der Waals surface area contributed by atoms with Gasteiger partial charge in [0.15, 0.2) is 0 Å².